The Morgan fingerprint density at radius 1 is 1.43 bits per heavy atom. The highest BCUT2D eigenvalue weighted by Gasteiger charge is 2.69. The van der Waals surface area contributed by atoms with E-state index < -0.39 is 47.6 Å². The van der Waals surface area contributed by atoms with Gasteiger partial charge in [-0.15, -0.1) is 0 Å². The summed E-state index contributed by atoms with van der Waals surface area (Å²) in [6, 6.07) is 1.05. The summed E-state index contributed by atoms with van der Waals surface area (Å²) >= 11 is 0. The number of rotatable bonds is 1. The SMILES string of the molecule is CC(=O)O[C@@]1(C#N)C[C@H]2O[C@H]1[C@H]1N=NN(C(=O)OC(C)(C)C)[C@@H]12. The van der Waals surface area contributed by atoms with Gasteiger partial charge >= 0.3 is 12.1 Å². The van der Waals surface area contributed by atoms with Crippen LogP contribution in [0.3, 0.4) is 0 Å². The zero-order chi connectivity index (χ0) is 17.0. The van der Waals surface area contributed by atoms with E-state index in [2.05, 4.69) is 10.3 Å². The van der Waals surface area contributed by atoms with E-state index in [1.54, 1.807) is 20.8 Å². The van der Waals surface area contributed by atoms with Crippen LogP contribution < -0.4 is 0 Å². The first-order valence-corrected chi connectivity index (χ1v) is 7.36. The third-order valence-corrected chi connectivity index (χ3v) is 3.99. The molecule has 2 saturated heterocycles. The molecule has 0 spiro atoms. The number of ether oxygens (including phenoxy) is 3. The van der Waals surface area contributed by atoms with Gasteiger partial charge in [-0.05, 0) is 20.8 Å². The molecule has 3 heterocycles. The molecule has 2 fully saturated rings. The number of hydrogen-bond donors (Lipinski definition) is 0. The average molecular weight is 322 g/mol. The van der Waals surface area contributed by atoms with Gasteiger partial charge in [-0.25, -0.2) is 4.79 Å². The number of nitrogens with zero attached hydrogens (tertiary/aromatic N) is 4. The lowest BCUT2D eigenvalue weighted by molar-refractivity contribution is -0.156. The van der Waals surface area contributed by atoms with Crippen LogP contribution in [-0.2, 0) is 19.0 Å². The van der Waals surface area contributed by atoms with E-state index in [9.17, 15) is 14.9 Å². The normalized spacial score (nSPS) is 37.4. The van der Waals surface area contributed by atoms with Crippen LogP contribution in [0.1, 0.15) is 34.1 Å². The first-order chi connectivity index (χ1) is 10.7. The first kappa shape index (κ1) is 15.7. The summed E-state index contributed by atoms with van der Waals surface area (Å²) in [6.07, 6.45) is -1.65. The van der Waals surface area contributed by atoms with Crippen molar-refractivity contribution in [2.24, 2.45) is 10.3 Å². The maximum Gasteiger partial charge on any atom is 0.432 e. The molecule has 5 atom stereocenters. The molecule has 23 heavy (non-hydrogen) atoms. The molecule has 2 bridgehead atoms. The summed E-state index contributed by atoms with van der Waals surface area (Å²) in [7, 11) is 0. The van der Waals surface area contributed by atoms with Gasteiger partial charge in [0, 0.05) is 13.3 Å². The molecule has 3 aliphatic rings. The molecule has 3 aliphatic heterocycles. The van der Waals surface area contributed by atoms with Crippen molar-refractivity contribution < 1.29 is 23.8 Å². The van der Waals surface area contributed by atoms with Crippen LogP contribution in [0, 0.1) is 11.3 Å². The van der Waals surface area contributed by atoms with Crippen LogP contribution in [0.15, 0.2) is 10.3 Å². The molecular weight excluding hydrogens is 304 g/mol. The van der Waals surface area contributed by atoms with Crippen LogP contribution in [0.25, 0.3) is 0 Å². The van der Waals surface area contributed by atoms with Crippen molar-refractivity contribution in [3.05, 3.63) is 0 Å². The first-order valence-electron chi connectivity index (χ1n) is 7.36. The highest BCUT2D eigenvalue weighted by atomic mass is 16.6. The predicted molar refractivity (Wildman–Crippen MR) is 73.9 cm³/mol. The van der Waals surface area contributed by atoms with Gasteiger partial charge in [-0.3, -0.25) is 4.79 Å². The van der Waals surface area contributed by atoms with Crippen molar-refractivity contribution >= 4 is 12.1 Å². The summed E-state index contributed by atoms with van der Waals surface area (Å²) < 4.78 is 16.3. The molecule has 9 heteroatoms. The Bertz CT molecular complexity index is 622. The standard InChI is InChI=1S/C14H18N4O5/c1-7(19)22-14(6-15)5-8-10-9(11(14)21-8)16-17-18(10)12(20)23-13(2,3)4/h8-11H,5H2,1-4H3/t8-,9+,10-,11+,14-/m1/s1. The van der Waals surface area contributed by atoms with Crippen LogP contribution in [0.2, 0.25) is 0 Å². The van der Waals surface area contributed by atoms with Gasteiger partial charge in [0.25, 0.3) is 0 Å². The van der Waals surface area contributed by atoms with E-state index >= 15 is 0 Å². The van der Waals surface area contributed by atoms with Crippen molar-refractivity contribution in [3.8, 4) is 6.07 Å². The molecule has 3 rings (SSSR count). The van der Waals surface area contributed by atoms with Gasteiger partial charge in [-0.2, -0.15) is 15.4 Å². The van der Waals surface area contributed by atoms with E-state index in [1.165, 1.54) is 6.92 Å². The molecule has 0 unspecified atom stereocenters. The van der Waals surface area contributed by atoms with Gasteiger partial charge in [0.15, 0.2) is 0 Å². The fraction of sp³-hybridized carbons (Fsp3) is 0.786. The van der Waals surface area contributed by atoms with Crippen LogP contribution in [0.5, 0.6) is 0 Å². The van der Waals surface area contributed by atoms with Crippen LogP contribution in [0.4, 0.5) is 4.79 Å². The zero-order valence-corrected chi connectivity index (χ0v) is 13.3. The topological polar surface area (TPSA) is 114 Å². The lowest BCUT2D eigenvalue weighted by Crippen LogP contribution is -2.56. The van der Waals surface area contributed by atoms with E-state index in [0.717, 1.165) is 5.01 Å². The molecule has 0 aliphatic carbocycles. The number of hydrogen-bond acceptors (Lipinski definition) is 8. The Kier molecular flexibility index (Phi) is 3.33. The summed E-state index contributed by atoms with van der Waals surface area (Å²) in [4.78, 5) is 23.5. The maximum atomic E-state index is 12.2. The number of nitriles is 1. The van der Waals surface area contributed by atoms with Crippen molar-refractivity contribution in [1.29, 1.82) is 5.26 Å². The molecule has 1 amide bonds. The maximum absolute atomic E-state index is 12.2. The minimum atomic E-state index is -1.37. The molecule has 0 aromatic heterocycles. The second-order valence-corrected chi connectivity index (χ2v) is 6.91. The summed E-state index contributed by atoms with van der Waals surface area (Å²) in [6.45, 7) is 6.52. The lowest BCUT2D eigenvalue weighted by Gasteiger charge is -2.33. The lowest BCUT2D eigenvalue weighted by atomic mass is 9.80. The number of fused-ring (bicyclic) bond motifs is 5. The molecule has 0 saturated carbocycles. The Balaban J connectivity index is 1.79. The van der Waals surface area contributed by atoms with Gasteiger partial charge in [0.1, 0.15) is 29.9 Å². The average Bonchev–Trinajstić information content (AvgIpc) is 3.04. The summed E-state index contributed by atoms with van der Waals surface area (Å²) in [5, 5.41) is 18.5. The minimum Gasteiger partial charge on any atom is -0.442 e. The van der Waals surface area contributed by atoms with E-state index in [4.69, 9.17) is 14.2 Å². The molecule has 0 aromatic rings. The molecule has 124 valence electrons. The second-order valence-electron chi connectivity index (χ2n) is 6.91. The third kappa shape index (κ3) is 2.43. The van der Waals surface area contributed by atoms with Gasteiger partial charge in [0.05, 0.1) is 6.10 Å². The van der Waals surface area contributed by atoms with Crippen LogP contribution in [-0.4, -0.2) is 52.6 Å². The Hall–Kier alpha value is -2.21. The monoisotopic (exact) mass is 322 g/mol. The number of esters is 1. The van der Waals surface area contributed by atoms with Crippen LogP contribution >= 0.6 is 0 Å². The van der Waals surface area contributed by atoms with Crippen molar-refractivity contribution in [3.63, 3.8) is 0 Å². The predicted octanol–water partition coefficient (Wildman–Crippen LogP) is 1.34. The Labute approximate surface area is 133 Å². The minimum absolute atomic E-state index is 0.180. The smallest absolute Gasteiger partial charge is 0.432 e. The molecule has 0 N–H and O–H groups in total. The van der Waals surface area contributed by atoms with E-state index in [1.807, 2.05) is 6.07 Å². The van der Waals surface area contributed by atoms with Gasteiger partial charge in [-0.1, -0.05) is 5.22 Å². The number of amides is 1. The molecule has 0 radical (unpaired) electrons. The van der Waals surface area contributed by atoms with Gasteiger partial charge in [0.2, 0.25) is 5.60 Å². The quantitative estimate of drug-likeness (QED) is 0.673. The van der Waals surface area contributed by atoms with E-state index in [-0.39, 0.29) is 6.42 Å². The van der Waals surface area contributed by atoms with Crippen molar-refractivity contribution in [1.82, 2.24) is 5.01 Å². The van der Waals surface area contributed by atoms with Crippen molar-refractivity contribution in [2.75, 3.05) is 0 Å². The number of carbonyl (C=O) groups excluding carboxylic acids is 2. The highest BCUT2D eigenvalue weighted by Crippen LogP contribution is 2.49. The largest absolute Gasteiger partial charge is 0.442 e. The Morgan fingerprint density at radius 2 is 2.13 bits per heavy atom. The fourth-order valence-corrected chi connectivity index (χ4v) is 3.28. The Morgan fingerprint density at radius 3 is 2.70 bits per heavy atom. The van der Waals surface area contributed by atoms with Gasteiger partial charge < -0.3 is 14.2 Å². The highest BCUT2D eigenvalue weighted by molar-refractivity contribution is 5.69. The molecular formula is C14H18N4O5. The fourth-order valence-electron chi connectivity index (χ4n) is 3.28. The van der Waals surface area contributed by atoms with Crippen molar-refractivity contribution in [2.45, 2.75) is 69.6 Å². The molecule has 0 aromatic carbocycles. The summed E-state index contributed by atoms with van der Waals surface area (Å²) in [5.41, 5.74) is -2.03. The molecule has 9 nitrogen and oxygen atoms in total. The van der Waals surface area contributed by atoms with E-state index in [0.29, 0.717) is 0 Å². The summed E-state index contributed by atoms with van der Waals surface area (Å²) in [5.74, 6) is -0.557. The zero-order valence-electron chi connectivity index (χ0n) is 13.3. The number of carbonyl (C=O) groups is 2. The third-order valence-electron chi connectivity index (χ3n) is 3.99. The second kappa shape index (κ2) is 4.89.